The van der Waals surface area contributed by atoms with E-state index in [1.54, 1.807) is 31.0 Å². The maximum Gasteiger partial charge on any atom is 0.379 e. The first-order chi connectivity index (χ1) is 16.0. The van der Waals surface area contributed by atoms with Gasteiger partial charge >= 0.3 is 5.97 Å². The second kappa shape index (κ2) is 12.9. The van der Waals surface area contributed by atoms with Crippen molar-refractivity contribution < 1.29 is 19.0 Å². The number of hydrogen-bond acceptors (Lipinski definition) is 6. The van der Waals surface area contributed by atoms with Crippen molar-refractivity contribution in [2.24, 2.45) is 0 Å². The number of nitrogens with zero attached hydrogens (tertiary/aromatic N) is 1. The van der Waals surface area contributed by atoms with Crippen molar-refractivity contribution in [3.63, 3.8) is 0 Å². The summed E-state index contributed by atoms with van der Waals surface area (Å²) in [6.07, 6.45) is 2.66. The van der Waals surface area contributed by atoms with Crippen LogP contribution in [0.5, 0.6) is 11.6 Å². The van der Waals surface area contributed by atoms with E-state index in [1.807, 2.05) is 54.6 Å². The fraction of sp³-hybridized carbons (Fsp3) is 0.231. The van der Waals surface area contributed by atoms with Gasteiger partial charge in [0, 0.05) is 21.7 Å². The van der Waals surface area contributed by atoms with Gasteiger partial charge in [-0.3, -0.25) is 0 Å². The summed E-state index contributed by atoms with van der Waals surface area (Å²) < 4.78 is 15.9. The maximum atomic E-state index is 12.3. The molecule has 2 aromatic carbocycles. The zero-order chi connectivity index (χ0) is 23.5. The average molecular weight is 484 g/mol. The van der Waals surface area contributed by atoms with E-state index >= 15 is 0 Å². The van der Waals surface area contributed by atoms with Crippen molar-refractivity contribution >= 4 is 29.3 Å². The number of halogens is 1. The number of esters is 1. The quantitative estimate of drug-likeness (QED) is 0.0963. The Morgan fingerprint density at radius 3 is 2.52 bits per heavy atom. The van der Waals surface area contributed by atoms with E-state index in [9.17, 15) is 4.79 Å². The molecular formula is C26H26ClNO4S. The number of unbranched alkanes of at least 4 members (excludes halogenated alkanes) is 1. The Kier molecular flexibility index (Phi) is 9.66. The summed E-state index contributed by atoms with van der Waals surface area (Å²) in [5, 5.41) is 0.700. The normalized spacial score (nSPS) is 10.5. The molecule has 172 valence electrons. The third-order valence-corrected chi connectivity index (χ3v) is 6.00. The molecule has 0 radical (unpaired) electrons. The molecule has 33 heavy (non-hydrogen) atoms. The van der Waals surface area contributed by atoms with Crippen LogP contribution in [0, 0.1) is 0 Å². The lowest BCUT2D eigenvalue weighted by Crippen LogP contribution is -2.14. The zero-order valence-electron chi connectivity index (χ0n) is 18.5. The molecule has 5 nitrogen and oxygen atoms in total. The average Bonchev–Trinajstić information content (AvgIpc) is 2.84. The van der Waals surface area contributed by atoms with E-state index in [4.69, 9.17) is 25.8 Å². The lowest BCUT2D eigenvalue weighted by Gasteiger charge is -2.09. The summed E-state index contributed by atoms with van der Waals surface area (Å²) in [5.41, 5.74) is 2.03. The lowest BCUT2D eigenvalue weighted by molar-refractivity contribution is -0.134. The zero-order valence-corrected chi connectivity index (χ0v) is 20.0. The summed E-state index contributed by atoms with van der Waals surface area (Å²) in [7, 11) is 1.65. The Hall–Kier alpha value is -2.96. The molecule has 0 atom stereocenters. The molecule has 1 heterocycles. The van der Waals surface area contributed by atoms with Crippen molar-refractivity contribution in [2.75, 3.05) is 13.7 Å². The molecule has 3 aromatic rings. The Balaban J connectivity index is 1.37. The van der Waals surface area contributed by atoms with Crippen LogP contribution in [0.1, 0.15) is 24.1 Å². The van der Waals surface area contributed by atoms with Gasteiger partial charge in [0.15, 0.2) is 5.76 Å². The molecule has 1 aromatic heterocycles. The molecule has 0 N–H and O–H groups in total. The summed E-state index contributed by atoms with van der Waals surface area (Å²) in [6.45, 7) is 4.08. The fourth-order valence-corrected chi connectivity index (χ4v) is 3.84. The molecular weight excluding hydrogens is 458 g/mol. The number of thioether (sulfide) groups is 1. The summed E-state index contributed by atoms with van der Waals surface area (Å²) in [6, 6.07) is 20.9. The number of pyridine rings is 1. The van der Waals surface area contributed by atoms with Crippen molar-refractivity contribution in [3.05, 3.63) is 95.3 Å². The number of methoxy groups -OCH3 is 1. The van der Waals surface area contributed by atoms with Crippen molar-refractivity contribution in [3.8, 4) is 11.6 Å². The first-order valence-corrected chi connectivity index (χ1v) is 11.9. The fourth-order valence-electron chi connectivity index (χ4n) is 2.91. The highest BCUT2D eigenvalue weighted by atomic mass is 35.5. The van der Waals surface area contributed by atoms with Gasteiger partial charge in [-0.05, 0) is 73.9 Å². The maximum absolute atomic E-state index is 12.3. The number of hydrogen-bond donors (Lipinski definition) is 0. The van der Waals surface area contributed by atoms with Gasteiger partial charge in [-0.2, -0.15) is 0 Å². The molecule has 0 saturated heterocycles. The molecule has 0 unspecified atom stereocenters. The topological polar surface area (TPSA) is 57.7 Å². The Labute approximate surface area is 203 Å². The molecule has 7 heteroatoms. The second-order valence-corrected chi connectivity index (χ2v) is 8.66. The molecule has 0 bridgehead atoms. The van der Waals surface area contributed by atoms with Crippen LogP contribution in [0.4, 0.5) is 0 Å². The van der Waals surface area contributed by atoms with Gasteiger partial charge in [-0.15, -0.1) is 11.8 Å². The Morgan fingerprint density at radius 1 is 1.03 bits per heavy atom. The molecule has 0 aliphatic rings. The largest absolute Gasteiger partial charge is 0.497 e. The molecule has 0 fully saturated rings. The van der Waals surface area contributed by atoms with E-state index in [1.165, 1.54) is 5.56 Å². The van der Waals surface area contributed by atoms with E-state index in [0.29, 0.717) is 17.4 Å². The number of aryl methyl sites for hydroxylation is 1. The first-order valence-electron chi connectivity index (χ1n) is 10.5. The first kappa shape index (κ1) is 24.7. The van der Waals surface area contributed by atoms with Gasteiger partial charge in [0.25, 0.3) is 0 Å². The smallest absolute Gasteiger partial charge is 0.379 e. The van der Waals surface area contributed by atoms with Gasteiger partial charge in [0.2, 0.25) is 5.88 Å². The summed E-state index contributed by atoms with van der Waals surface area (Å²) in [4.78, 5) is 17.7. The summed E-state index contributed by atoms with van der Waals surface area (Å²) >= 11 is 7.54. The standard InChI is InChI=1S/C26H26ClNO4S/c1-19(31-17-4-3-6-20-9-13-23(30-2)14-10-20)26(29)32-25-8-5-7-22(28-25)18-33-24-15-11-21(27)12-16-24/h5,7-16H,1,3-4,6,17-18H2,2H3. The molecule has 0 amide bonds. The van der Waals surface area contributed by atoms with Gasteiger partial charge < -0.3 is 14.2 Å². The molecule has 3 rings (SSSR count). The number of ether oxygens (including phenoxy) is 3. The van der Waals surface area contributed by atoms with Crippen LogP contribution < -0.4 is 9.47 Å². The number of aromatic nitrogens is 1. The van der Waals surface area contributed by atoms with E-state index < -0.39 is 5.97 Å². The molecule has 0 aliphatic carbocycles. The van der Waals surface area contributed by atoms with Crippen LogP contribution in [-0.2, 0) is 21.7 Å². The van der Waals surface area contributed by atoms with Gasteiger partial charge in [-0.25, -0.2) is 9.78 Å². The minimum Gasteiger partial charge on any atom is -0.497 e. The van der Waals surface area contributed by atoms with Crippen LogP contribution in [0.15, 0.2) is 84.0 Å². The number of rotatable bonds is 12. The van der Waals surface area contributed by atoms with Crippen molar-refractivity contribution in [1.29, 1.82) is 0 Å². The van der Waals surface area contributed by atoms with E-state index in [0.717, 1.165) is 35.6 Å². The third-order valence-electron chi connectivity index (χ3n) is 4.70. The van der Waals surface area contributed by atoms with Gasteiger partial charge in [0.1, 0.15) is 5.75 Å². The highest BCUT2D eigenvalue weighted by molar-refractivity contribution is 7.98. The molecule has 0 saturated carbocycles. The monoisotopic (exact) mass is 483 g/mol. The molecule has 0 spiro atoms. The Bertz CT molecular complexity index is 1050. The number of carbonyl (C=O) groups is 1. The lowest BCUT2D eigenvalue weighted by atomic mass is 10.1. The number of carbonyl (C=O) groups excluding carboxylic acids is 1. The van der Waals surface area contributed by atoms with E-state index in [2.05, 4.69) is 11.6 Å². The highest BCUT2D eigenvalue weighted by Crippen LogP contribution is 2.24. The van der Waals surface area contributed by atoms with Crippen LogP contribution in [0.3, 0.4) is 0 Å². The second-order valence-electron chi connectivity index (χ2n) is 7.18. The number of benzene rings is 2. The molecule has 0 aliphatic heterocycles. The SMILES string of the molecule is C=C(OCCCCc1ccc(OC)cc1)C(=O)Oc1cccc(CSc2ccc(Cl)cc2)n1. The van der Waals surface area contributed by atoms with Gasteiger partial charge in [0.05, 0.1) is 19.4 Å². The van der Waals surface area contributed by atoms with Crippen LogP contribution in [0.2, 0.25) is 5.02 Å². The minimum atomic E-state index is -0.639. The van der Waals surface area contributed by atoms with Crippen molar-refractivity contribution in [1.82, 2.24) is 4.98 Å². The predicted molar refractivity (Wildman–Crippen MR) is 132 cm³/mol. The highest BCUT2D eigenvalue weighted by Gasteiger charge is 2.12. The Morgan fingerprint density at radius 2 is 1.79 bits per heavy atom. The van der Waals surface area contributed by atoms with Gasteiger partial charge in [-0.1, -0.05) is 29.8 Å². The summed E-state index contributed by atoms with van der Waals surface area (Å²) in [5.74, 6) is 1.04. The van der Waals surface area contributed by atoms with Crippen LogP contribution in [-0.4, -0.2) is 24.7 Å². The van der Waals surface area contributed by atoms with Crippen LogP contribution in [0.25, 0.3) is 0 Å². The van der Waals surface area contributed by atoms with Crippen molar-refractivity contribution in [2.45, 2.75) is 29.9 Å². The third kappa shape index (κ3) is 8.48. The minimum absolute atomic E-state index is 0.0258. The van der Waals surface area contributed by atoms with E-state index in [-0.39, 0.29) is 11.6 Å². The van der Waals surface area contributed by atoms with Crippen LogP contribution >= 0.6 is 23.4 Å². The predicted octanol–water partition coefficient (Wildman–Crippen LogP) is 6.49.